The van der Waals surface area contributed by atoms with E-state index in [1.807, 2.05) is 38.4 Å². The first-order valence-corrected chi connectivity index (χ1v) is 6.69. The van der Waals surface area contributed by atoms with Crippen molar-refractivity contribution in [3.63, 3.8) is 0 Å². The molecule has 0 saturated carbocycles. The molecule has 19 heavy (non-hydrogen) atoms. The van der Waals surface area contributed by atoms with E-state index in [0.29, 0.717) is 19.0 Å². The van der Waals surface area contributed by atoms with Gasteiger partial charge in [-0.2, -0.15) is 5.11 Å². The second-order valence-corrected chi connectivity index (χ2v) is 5.13. The summed E-state index contributed by atoms with van der Waals surface area (Å²) in [7, 11) is 4.10. The molecule has 1 aromatic rings. The second-order valence-electron chi connectivity index (χ2n) is 4.70. The van der Waals surface area contributed by atoms with Crippen molar-refractivity contribution in [3.8, 4) is 0 Å². The van der Waals surface area contributed by atoms with Crippen LogP contribution in [0.15, 0.2) is 40.4 Å². The molecule has 0 spiro atoms. The van der Waals surface area contributed by atoms with Crippen molar-refractivity contribution in [1.82, 2.24) is 4.90 Å². The maximum atomic E-state index is 5.89. The molecule has 0 saturated heterocycles. The van der Waals surface area contributed by atoms with Crippen LogP contribution in [-0.2, 0) is 4.74 Å². The van der Waals surface area contributed by atoms with Gasteiger partial charge in [0.05, 0.1) is 13.2 Å². The van der Waals surface area contributed by atoms with Gasteiger partial charge in [0, 0.05) is 17.1 Å². The molecular formula is C14H18ClN3O. The summed E-state index contributed by atoms with van der Waals surface area (Å²) in [5.74, 6) is 0.640. The first kappa shape index (κ1) is 14.0. The zero-order valence-electron chi connectivity index (χ0n) is 11.3. The molecule has 5 heteroatoms. The van der Waals surface area contributed by atoms with Crippen molar-refractivity contribution in [2.45, 2.75) is 6.42 Å². The highest BCUT2D eigenvalue weighted by molar-refractivity contribution is 6.30. The van der Waals surface area contributed by atoms with Crippen LogP contribution in [0.4, 0.5) is 0 Å². The van der Waals surface area contributed by atoms with Crippen LogP contribution < -0.4 is 0 Å². The number of azo groups is 1. The smallest absolute Gasteiger partial charge is 0.238 e. The third kappa shape index (κ3) is 4.04. The average molecular weight is 280 g/mol. The Morgan fingerprint density at radius 1 is 1.26 bits per heavy atom. The second kappa shape index (κ2) is 6.68. The lowest BCUT2D eigenvalue weighted by Gasteiger charge is -2.10. The van der Waals surface area contributed by atoms with Gasteiger partial charge < -0.3 is 9.64 Å². The summed E-state index contributed by atoms with van der Waals surface area (Å²) in [6.45, 7) is 2.23. The van der Waals surface area contributed by atoms with E-state index in [-0.39, 0.29) is 0 Å². The van der Waals surface area contributed by atoms with Gasteiger partial charge in [-0.15, -0.1) is 5.11 Å². The Labute approximate surface area is 118 Å². The molecule has 0 N–H and O–H groups in total. The van der Waals surface area contributed by atoms with E-state index in [0.717, 1.165) is 29.1 Å². The van der Waals surface area contributed by atoms with Crippen LogP contribution in [0.25, 0.3) is 5.57 Å². The topological polar surface area (TPSA) is 37.2 Å². The van der Waals surface area contributed by atoms with Crippen molar-refractivity contribution in [2.24, 2.45) is 10.2 Å². The molecule has 0 atom stereocenters. The number of hydrogen-bond acceptors (Lipinski definition) is 4. The summed E-state index contributed by atoms with van der Waals surface area (Å²) >= 11 is 5.89. The van der Waals surface area contributed by atoms with E-state index in [2.05, 4.69) is 15.1 Å². The first-order chi connectivity index (χ1) is 9.16. The molecule has 1 heterocycles. The summed E-state index contributed by atoms with van der Waals surface area (Å²) in [5.41, 5.74) is 2.10. The number of benzene rings is 1. The minimum atomic E-state index is 0.574. The molecule has 0 aromatic heterocycles. The molecule has 1 aliphatic rings. The number of hydrogen-bond donors (Lipinski definition) is 0. The molecule has 2 rings (SSSR count). The van der Waals surface area contributed by atoms with Gasteiger partial charge in [-0.3, -0.25) is 0 Å². The fraction of sp³-hybridized carbons (Fsp3) is 0.429. The van der Waals surface area contributed by atoms with Crippen molar-refractivity contribution in [3.05, 3.63) is 40.7 Å². The molecule has 102 valence electrons. The highest BCUT2D eigenvalue weighted by atomic mass is 35.5. The molecule has 0 aliphatic carbocycles. The third-order valence-electron chi connectivity index (χ3n) is 2.83. The van der Waals surface area contributed by atoms with Crippen LogP contribution in [0.5, 0.6) is 0 Å². The van der Waals surface area contributed by atoms with Crippen LogP contribution in [0.3, 0.4) is 0 Å². The largest absolute Gasteiger partial charge is 0.476 e. The van der Waals surface area contributed by atoms with Crippen molar-refractivity contribution in [2.75, 3.05) is 33.8 Å². The molecule has 0 amide bonds. The van der Waals surface area contributed by atoms with Gasteiger partial charge in [0.15, 0.2) is 0 Å². The van der Waals surface area contributed by atoms with Crippen molar-refractivity contribution in [1.29, 1.82) is 0 Å². The van der Waals surface area contributed by atoms with Gasteiger partial charge in [-0.05, 0) is 38.2 Å². The minimum Gasteiger partial charge on any atom is -0.476 e. The zero-order valence-corrected chi connectivity index (χ0v) is 12.0. The van der Waals surface area contributed by atoms with E-state index in [9.17, 15) is 0 Å². The van der Waals surface area contributed by atoms with E-state index < -0.39 is 0 Å². The molecule has 0 fully saturated rings. The van der Waals surface area contributed by atoms with Gasteiger partial charge in [0.25, 0.3) is 0 Å². The lowest BCUT2D eigenvalue weighted by atomic mass is 10.1. The lowest BCUT2D eigenvalue weighted by molar-refractivity contribution is 0.196. The predicted molar refractivity (Wildman–Crippen MR) is 77.2 cm³/mol. The molecule has 0 radical (unpaired) electrons. The standard InChI is InChI=1S/C14H18ClN3O/c1-18(2)8-3-9-19-14-13(10-16-17-14)11-4-6-12(15)7-5-11/h4-7H,3,8-10H2,1-2H3. The highest BCUT2D eigenvalue weighted by Crippen LogP contribution is 2.27. The fourth-order valence-corrected chi connectivity index (χ4v) is 1.96. The van der Waals surface area contributed by atoms with Crippen molar-refractivity contribution < 1.29 is 4.74 Å². The van der Waals surface area contributed by atoms with Gasteiger partial charge in [0.1, 0.15) is 0 Å². The Morgan fingerprint density at radius 2 is 2.00 bits per heavy atom. The van der Waals surface area contributed by atoms with Gasteiger partial charge in [-0.25, -0.2) is 0 Å². The number of nitrogens with zero attached hydrogens (tertiary/aromatic N) is 3. The van der Waals surface area contributed by atoms with Crippen molar-refractivity contribution >= 4 is 17.2 Å². The molecule has 4 nitrogen and oxygen atoms in total. The minimum absolute atomic E-state index is 0.574. The van der Waals surface area contributed by atoms with Crippen LogP contribution >= 0.6 is 11.6 Å². The normalized spacial score (nSPS) is 14.5. The summed E-state index contributed by atoms with van der Waals surface area (Å²) in [6.07, 6.45) is 0.972. The fourth-order valence-electron chi connectivity index (χ4n) is 1.83. The number of halogens is 1. The molecule has 0 bridgehead atoms. The van der Waals surface area contributed by atoms with Crippen LogP contribution in [0, 0.1) is 0 Å². The molecule has 1 aromatic carbocycles. The Morgan fingerprint density at radius 3 is 2.68 bits per heavy atom. The zero-order chi connectivity index (χ0) is 13.7. The van der Waals surface area contributed by atoms with Crippen LogP contribution in [-0.4, -0.2) is 38.7 Å². The monoisotopic (exact) mass is 279 g/mol. The van der Waals surface area contributed by atoms with Gasteiger partial charge in [-0.1, -0.05) is 23.7 Å². The molecule has 0 unspecified atom stereocenters. The van der Waals surface area contributed by atoms with E-state index >= 15 is 0 Å². The highest BCUT2D eigenvalue weighted by Gasteiger charge is 2.15. The summed E-state index contributed by atoms with van der Waals surface area (Å²) in [5, 5.41) is 8.84. The van der Waals surface area contributed by atoms with E-state index in [4.69, 9.17) is 16.3 Å². The Hall–Kier alpha value is -1.39. The molecule has 1 aliphatic heterocycles. The Kier molecular flexibility index (Phi) is 4.93. The van der Waals surface area contributed by atoms with E-state index in [1.165, 1.54) is 0 Å². The predicted octanol–water partition coefficient (Wildman–Crippen LogP) is 3.44. The van der Waals surface area contributed by atoms with E-state index in [1.54, 1.807) is 0 Å². The summed E-state index contributed by atoms with van der Waals surface area (Å²) in [6, 6.07) is 7.67. The van der Waals surface area contributed by atoms with Crippen LogP contribution in [0.2, 0.25) is 5.02 Å². The summed E-state index contributed by atoms with van der Waals surface area (Å²) < 4.78 is 5.71. The third-order valence-corrected chi connectivity index (χ3v) is 3.08. The maximum Gasteiger partial charge on any atom is 0.238 e. The Balaban J connectivity index is 1.98. The maximum absolute atomic E-state index is 5.89. The SMILES string of the molecule is CN(C)CCCOC1=C(c2ccc(Cl)cc2)CN=N1. The quantitative estimate of drug-likeness (QED) is 0.748. The van der Waals surface area contributed by atoms with Crippen LogP contribution in [0.1, 0.15) is 12.0 Å². The average Bonchev–Trinajstić information content (AvgIpc) is 2.84. The number of rotatable bonds is 6. The number of ether oxygens (including phenoxy) is 1. The molecular weight excluding hydrogens is 262 g/mol. The summed E-state index contributed by atoms with van der Waals surface area (Å²) in [4.78, 5) is 2.13. The van der Waals surface area contributed by atoms with Gasteiger partial charge in [0.2, 0.25) is 5.88 Å². The first-order valence-electron chi connectivity index (χ1n) is 6.31. The Bertz CT molecular complexity index is 480. The van der Waals surface area contributed by atoms with Gasteiger partial charge >= 0.3 is 0 Å². The lowest BCUT2D eigenvalue weighted by Crippen LogP contribution is -2.14.